The highest BCUT2D eigenvalue weighted by Gasteiger charge is 2.43. The predicted octanol–water partition coefficient (Wildman–Crippen LogP) is 5.90. The maximum Gasteiger partial charge on any atom is 0.309 e. The molecule has 1 N–H and O–H groups in total. The molecule has 0 aromatic heterocycles. The maximum absolute atomic E-state index is 13.5. The predicted molar refractivity (Wildman–Crippen MR) is 130 cm³/mol. The second-order valence-electron chi connectivity index (χ2n) is 9.93. The summed E-state index contributed by atoms with van der Waals surface area (Å²) in [6.45, 7) is 4.75. The largest absolute Gasteiger partial charge is 0.466 e. The molecular formula is C28H34F2N2O3. The number of esters is 1. The summed E-state index contributed by atoms with van der Waals surface area (Å²) in [6, 6.07) is 15.3. The van der Waals surface area contributed by atoms with Gasteiger partial charge < -0.3 is 19.7 Å². The minimum atomic E-state index is -2.51. The molecule has 0 amide bonds. The molecule has 0 saturated carbocycles. The average molecular weight is 485 g/mol. The van der Waals surface area contributed by atoms with Crippen LogP contribution in [0.15, 0.2) is 48.5 Å². The number of ether oxygens (including phenoxy) is 2. The van der Waals surface area contributed by atoms with Crippen molar-refractivity contribution in [1.82, 2.24) is 4.90 Å². The fraction of sp³-hybridized carbons (Fsp3) is 0.536. The Kier molecular flexibility index (Phi) is 7.35. The molecule has 3 aliphatic heterocycles. The van der Waals surface area contributed by atoms with Gasteiger partial charge in [-0.25, -0.2) is 8.78 Å². The first-order valence-corrected chi connectivity index (χ1v) is 12.8. The van der Waals surface area contributed by atoms with Crippen molar-refractivity contribution in [3.05, 3.63) is 65.2 Å². The number of nitrogens with zero attached hydrogens (tertiary/aromatic N) is 1. The van der Waals surface area contributed by atoms with Gasteiger partial charge in [-0.3, -0.25) is 4.79 Å². The van der Waals surface area contributed by atoms with Crippen LogP contribution in [-0.2, 0) is 14.3 Å². The summed E-state index contributed by atoms with van der Waals surface area (Å²) in [4.78, 5) is 14.4. The van der Waals surface area contributed by atoms with Gasteiger partial charge in [0.1, 0.15) is 0 Å². The second kappa shape index (κ2) is 10.6. The van der Waals surface area contributed by atoms with Crippen LogP contribution in [0.5, 0.6) is 0 Å². The van der Waals surface area contributed by atoms with Crippen molar-refractivity contribution in [2.24, 2.45) is 11.8 Å². The zero-order valence-electron chi connectivity index (χ0n) is 20.2. The van der Waals surface area contributed by atoms with E-state index in [4.69, 9.17) is 9.47 Å². The van der Waals surface area contributed by atoms with E-state index in [1.54, 1.807) is 12.1 Å². The first kappa shape index (κ1) is 24.2. The number of fused-ring (bicyclic) bond motifs is 3. The number of carbonyl (C=O) groups is 1. The van der Waals surface area contributed by atoms with Gasteiger partial charge in [0.15, 0.2) is 0 Å². The molecule has 188 valence electrons. The minimum Gasteiger partial charge on any atom is -0.466 e. The van der Waals surface area contributed by atoms with Gasteiger partial charge in [0.2, 0.25) is 0 Å². The molecule has 2 saturated heterocycles. The number of likely N-dealkylation sites (tertiary alicyclic amines) is 1. The smallest absolute Gasteiger partial charge is 0.309 e. The lowest BCUT2D eigenvalue weighted by Gasteiger charge is -2.46. The Morgan fingerprint density at radius 3 is 2.60 bits per heavy atom. The summed E-state index contributed by atoms with van der Waals surface area (Å²) in [7, 11) is 0. The van der Waals surface area contributed by atoms with Crippen LogP contribution >= 0.6 is 0 Å². The number of halogens is 2. The Bertz CT molecular complexity index is 1010. The lowest BCUT2D eigenvalue weighted by Crippen LogP contribution is -2.45. The highest BCUT2D eigenvalue weighted by atomic mass is 19.3. The molecule has 3 aliphatic rings. The molecule has 2 fully saturated rings. The molecule has 0 aliphatic carbocycles. The summed E-state index contributed by atoms with van der Waals surface area (Å²) < 4.78 is 38.9. The molecule has 2 aromatic carbocycles. The van der Waals surface area contributed by atoms with Gasteiger partial charge in [-0.05, 0) is 63.4 Å². The Morgan fingerprint density at radius 2 is 1.89 bits per heavy atom. The van der Waals surface area contributed by atoms with E-state index in [-0.39, 0.29) is 41.6 Å². The highest BCUT2D eigenvalue weighted by Crippen LogP contribution is 2.51. The molecule has 5 rings (SSSR count). The van der Waals surface area contributed by atoms with Gasteiger partial charge in [0.25, 0.3) is 6.43 Å². The van der Waals surface area contributed by atoms with Crippen molar-refractivity contribution in [3.63, 3.8) is 0 Å². The molecule has 0 bridgehead atoms. The molecular weight excluding hydrogens is 450 g/mol. The van der Waals surface area contributed by atoms with E-state index in [0.29, 0.717) is 6.61 Å². The number of piperidine rings is 1. The number of hydrogen-bond acceptors (Lipinski definition) is 5. The van der Waals surface area contributed by atoms with Gasteiger partial charge in [-0.1, -0.05) is 36.4 Å². The van der Waals surface area contributed by atoms with Crippen molar-refractivity contribution >= 4 is 11.7 Å². The van der Waals surface area contributed by atoms with Gasteiger partial charge in [0.05, 0.1) is 30.8 Å². The Labute approximate surface area is 205 Å². The lowest BCUT2D eigenvalue weighted by atomic mass is 9.76. The van der Waals surface area contributed by atoms with E-state index in [1.807, 2.05) is 25.1 Å². The van der Waals surface area contributed by atoms with Crippen molar-refractivity contribution in [1.29, 1.82) is 0 Å². The molecule has 7 heteroatoms. The van der Waals surface area contributed by atoms with Crippen molar-refractivity contribution in [2.75, 3.05) is 31.6 Å². The highest BCUT2D eigenvalue weighted by molar-refractivity contribution is 5.72. The number of benzene rings is 2. The van der Waals surface area contributed by atoms with E-state index in [9.17, 15) is 13.6 Å². The van der Waals surface area contributed by atoms with Crippen LogP contribution in [-0.4, -0.2) is 43.2 Å². The van der Waals surface area contributed by atoms with Crippen molar-refractivity contribution in [2.45, 2.75) is 57.3 Å². The van der Waals surface area contributed by atoms with Gasteiger partial charge >= 0.3 is 5.97 Å². The van der Waals surface area contributed by atoms with Crippen molar-refractivity contribution in [3.8, 4) is 0 Å². The average Bonchev–Trinajstić information content (AvgIpc) is 2.89. The monoisotopic (exact) mass is 484 g/mol. The number of carbonyl (C=O) groups excluding carboxylic acids is 1. The zero-order chi connectivity index (χ0) is 24.4. The van der Waals surface area contributed by atoms with E-state index in [2.05, 4.69) is 22.3 Å². The second-order valence-corrected chi connectivity index (χ2v) is 9.93. The third kappa shape index (κ3) is 5.21. The van der Waals surface area contributed by atoms with Crippen LogP contribution in [0.25, 0.3) is 0 Å². The SMILES string of the molecule is CCOC(=O)C1CCN(CC2CCC3C(O2)c2cc(C(F)F)ccc2N[C@H]3c2ccccc2)CC1. The zero-order valence-corrected chi connectivity index (χ0v) is 20.2. The minimum absolute atomic E-state index is 0.0152. The molecule has 4 atom stereocenters. The van der Waals surface area contributed by atoms with Crippen molar-refractivity contribution < 1.29 is 23.0 Å². The molecule has 3 heterocycles. The van der Waals surface area contributed by atoms with Crippen LogP contribution < -0.4 is 5.32 Å². The van der Waals surface area contributed by atoms with E-state index in [1.165, 1.54) is 11.6 Å². The summed E-state index contributed by atoms with van der Waals surface area (Å²) in [6.07, 6.45) is 0.786. The molecule has 35 heavy (non-hydrogen) atoms. The van der Waals surface area contributed by atoms with E-state index in [0.717, 1.165) is 56.6 Å². The topological polar surface area (TPSA) is 50.8 Å². The van der Waals surface area contributed by atoms with Gasteiger partial charge in [0, 0.05) is 29.3 Å². The first-order chi connectivity index (χ1) is 17.0. The summed E-state index contributed by atoms with van der Waals surface area (Å²) >= 11 is 0. The summed E-state index contributed by atoms with van der Waals surface area (Å²) in [5.41, 5.74) is 2.94. The lowest BCUT2D eigenvalue weighted by molar-refractivity contribution is -0.150. The van der Waals surface area contributed by atoms with Crippen LogP contribution in [0.2, 0.25) is 0 Å². The molecule has 0 spiro atoms. The van der Waals surface area contributed by atoms with Crippen LogP contribution in [0.4, 0.5) is 14.5 Å². The van der Waals surface area contributed by atoms with E-state index >= 15 is 0 Å². The first-order valence-electron chi connectivity index (χ1n) is 12.8. The quantitative estimate of drug-likeness (QED) is 0.517. The Balaban J connectivity index is 1.32. The number of hydrogen-bond donors (Lipinski definition) is 1. The van der Waals surface area contributed by atoms with Crippen LogP contribution in [0.3, 0.4) is 0 Å². The Hall–Kier alpha value is -2.51. The number of anilines is 1. The Morgan fingerprint density at radius 1 is 1.11 bits per heavy atom. The third-order valence-corrected chi connectivity index (χ3v) is 7.75. The maximum atomic E-state index is 13.5. The molecule has 2 aromatic rings. The summed E-state index contributed by atoms with van der Waals surface area (Å²) in [5, 5.41) is 3.62. The van der Waals surface area contributed by atoms with Gasteiger partial charge in [-0.2, -0.15) is 0 Å². The molecule has 5 nitrogen and oxygen atoms in total. The van der Waals surface area contributed by atoms with Crippen LogP contribution in [0, 0.1) is 11.8 Å². The molecule has 3 unspecified atom stereocenters. The standard InChI is InChI=1S/C28H34F2N2O3/c1-2-34-28(33)19-12-14-32(15-13-19)17-21-9-10-22-25(18-6-4-3-5-7-18)31-24-11-8-20(27(29)30)16-23(24)26(22)35-21/h3-8,11,16,19,21-22,25-27,31H,2,9-10,12-15,17H2,1H3/t21?,22?,25-,26?/m0/s1. The molecule has 0 radical (unpaired) electrons. The normalized spacial score (nSPS) is 27.1. The number of rotatable bonds is 6. The third-order valence-electron chi connectivity index (χ3n) is 7.75. The van der Waals surface area contributed by atoms with Gasteiger partial charge in [-0.15, -0.1) is 0 Å². The van der Waals surface area contributed by atoms with Crippen LogP contribution in [0.1, 0.15) is 67.9 Å². The van der Waals surface area contributed by atoms with E-state index < -0.39 is 6.43 Å². The number of alkyl halides is 2. The fourth-order valence-electron chi connectivity index (χ4n) is 5.93. The summed E-state index contributed by atoms with van der Waals surface area (Å²) in [5.74, 6) is 0.0687. The fourth-order valence-corrected chi connectivity index (χ4v) is 5.93. The number of nitrogens with one attached hydrogen (secondary N) is 1.